The Balaban J connectivity index is 0.000000219. The minimum atomic E-state index is -4.56. The molecule has 0 saturated carbocycles. The fourth-order valence-electron chi connectivity index (χ4n) is 8.38. The van der Waals surface area contributed by atoms with Crippen molar-refractivity contribution in [2.45, 2.75) is 58.5 Å². The molecule has 0 aliphatic carbocycles. The fourth-order valence-corrected chi connectivity index (χ4v) is 8.38. The molecule has 0 atom stereocenters. The molecule has 400 valence electrons. The van der Waals surface area contributed by atoms with Gasteiger partial charge in [-0.25, -0.2) is 4.98 Å². The van der Waals surface area contributed by atoms with Crippen molar-refractivity contribution >= 4 is 68.9 Å². The summed E-state index contributed by atoms with van der Waals surface area (Å²) < 4.78 is 49.2. The van der Waals surface area contributed by atoms with Crippen LogP contribution in [0.2, 0.25) is 0 Å². The second kappa shape index (κ2) is 25.6. The quantitative estimate of drug-likeness (QED) is 0.0319. The van der Waals surface area contributed by atoms with Gasteiger partial charge in [0.15, 0.2) is 0 Å². The minimum Gasteiger partial charge on any atom is -0.753 e. The smallest absolute Gasteiger partial charge is 0.753 e. The van der Waals surface area contributed by atoms with E-state index >= 15 is 0 Å². The predicted octanol–water partition coefficient (Wildman–Crippen LogP) is 14.8. The zero-order valence-corrected chi connectivity index (χ0v) is 46.6. The van der Waals surface area contributed by atoms with Crippen LogP contribution in [0, 0.1) is 11.8 Å². The number of pyridine rings is 4. The van der Waals surface area contributed by atoms with Gasteiger partial charge in [0, 0.05) is 65.0 Å². The van der Waals surface area contributed by atoms with E-state index in [1.165, 1.54) is 38.6 Å². The van der Waals surface area contributed by atoms with Gasteiger partial charge in [0.05, 0.1) is 28.5 Å². The maximum absolute atomic E-state index is 13.1. The Morgan fingerprint density at radius 1 is 0.550 bits per heavy atom. The molecule has 0 saturated heterocycles. The molecule has 0 aliphatic rings. The Morgan fingerprint density at radius 3 is 1.65 bits per heavy atom. The number of rotatable bonds is 10. The second-order valence-electron chi connectivity index (χ2n) is 19.8. The molecule has 0 bridgehead atoms. The number of hydrogen-bond acceptors (Lipinski definition) is 11. The van der Waals surface area contributed by atoms with E-state index in [4.69, 9.17) is 14.9 Å². The van der Waals surface area contributed by atoms with Crippen LogP contribution in [0.15, 0.2) is 176 Å². The van der Waals surface area contributed by atoms with E-state index < -0.39 is 11.9 Å². The van der Waals surface area contributed by atoms with E-state index in [-0.39, 0.29) is 41.8 Å². The topological polar surface area (TPSA) is 157 Å². The Morgan fingerprint density at radius 2 is 1.06 bits per heavy atom. The Hall–Kier alpha value is -9.06. The largest absolute Gasteiger partial charge is 2.00 e. The zero-order valence-electron chi connectivity index (χ0n) is 44.0. The van der Waals surface area contributed by atoms with Crippen molar-refractivity contribution in [1.82, 2.24) is 30.1 Å². The van der Waals surface area contributed by atoms with Crippen LogP contribution in [0.1, 0.15) is 69.5 Å². The first-order valence-electron chi connectivity index (χ1n) is 24.5. The number of nitrogens with zero attached hydrogens (tertiary/aromatic N) is 8. The fraction of sp³-hybridized carbons (Fsp3) is 0.143. The Bertz CT molecular complexity index is 3860. The Labute approximate surface area is 478 Å². The number of isothiocyanates is 1. The molecule has 0 fully saturated rings. The minimum absolute atomic E-state index is 0. The molecule has 5 aromatic carbocycles. The number of carbonyl (C=O) groups is 2. The third-order valence-corrected chi connectivity index (χ3v) is 12.4. The summed E-state index contributed by atoms with van der Waals surface area (Å²) in [6, 6.07) is 49.8. The van der Waals surface area contributed by atoms with Crippen molar-refractivity contribution in [2.75, 3.05) is 4.90 Å². The predicted molar refractivity (Wildman–Crippen MR) is 305 cm³/mol. The number of anilines is 3. The maximum Gasteiger partial charge on any atom is 2.00 e. The van der Waals surface area contributed by atoms with Gasteiger partial charge in [-0.05, 0) is 116 Å². The molecule has 5 heterocycles. The van der Waals surface area contributed by atoms with Crippen molar-refractivity contribution in [2.24, 2.45) is 0 Å². The van der Waals surface area contributed by atoms with Gasteiger partial charge in [-0.15, -0.1) is 0 Å². The van der Waals surface area contributed by atoms with Gasteiger partial charge >= 0.3 is 25.7 Å². The number of carbonyl (C=O) groups excluding carboxylic acids is 2. The van der Waals surface area contributed by atoms with Gasteiger partial charge in [-0.2, -0.15) is 18.3 Å². The first-order valence-corrected chi connectivity index (χ1v) is 24.9. The summed E-state index contributed by atoms with van der Waals surface area (Å²) in [6.45, 7) is 13.6. The van der Waals surface area contributed by atoms with Crippen molar-refractivity contribution in [3.8, 4) is 57.5 Å². The molecular formula is C63H49F3N8O4RuS. The number of aromatic nitrogens is 6. The molecule has 0 radical (unpaired) electrons. The monoisotopic (exact) mass is 1170 g/mol. The number of benzene rings is 5. The van der Waals surface area contributed by atoms with E-state index in [1.54, 1.807) is 42.7 Å². The first-order chi connectivity index (χ1) is 37.8. The van der Waals surface area contributed by atoms with Gasteiger partial charge in [-0.1, -0.05) is 138 Å². The third kappa shape index (κ3) is 14.5. The number of thiocarbonyl (C=S) groups is 1. The first kappa shape index (κ1) is 58.6. The summed E-state index contributed by atoms with van der Waals surface area (Å²) in [6.07, 6.45) is 0.162. The summed E-state index contributed by atoms with van der Waals surface area (Å²) in [5.41, 5.74) is 7.86. The second-order valence-corrected chi connectivity index (χ2v) is 20.0. The standard InChI is InChI=1S/C33H19N3O4.C29H30F3N4.CNS.Ru/c37-20-39-26-12-14-35-31(17-26)33-19-27(40-21-38)18-32(36-33)30-16-23(11-13-34-30)6-5-22-7-10-29-25(15-22)9-8-24-3-1-2-4-28(24)29;1-27(2,3)19-7-11-21(12-8-19)36(22-13-9-20(10-14-22)28(4,5)6)23-15-16-33-24(17-23)25-18-26(35-34-25)29(30,31)32;2-1-3;/h1-4,7-21H;7-18H,1-6H3;;/q;2*-1;+2. The normalized spacial score (nSPS) is 11.0. The maximum atomic E-state index is 13.1. The molecular weight excluding hydrogens is 1120 g/mol. The summed E-state index contributed by atoms with van der Waals surface area (Å²) in [5.74, 6) is 7.03. The molecule has 0 spiro atoms. The van der Waals surface area contributed by atoms with Crippen molar-refractivity contribution < 1.29 is 51.7 Å². The van der Waals surface area contributed by atoms with Crippen LogP contribution in [0.3, 0.4) is 0 Å². The van der Waals surface area contributed by atoms with Gasteiger partial charge in [0.2, 0.25) is 0 Å². The van der Waals surface area contributed by atoms with Crippen LogP contribution in [0.5, 0.6) is 11.5 Å². The van der Waals surface area contributed by atoms with Crippen LogP contribution in [-0.2, 0) is 46.1 Å². The van der Waals surface area contributed by atoms with E-state index in [0.29, 0.717) is 47.2 Å². The molecule has 17 heteroatoms. The van der Waals surface area contributed by atoms with Crippen molar-refractivity contribution in [3.63, 3.8) is 0 Å². The van der Waals surface area contributed by atoms with Crippen LogP contribution >= 0.6 is 12.2 Å². The molecule has 0 N–H and O–H groups in total. The average Bonchev–Trinajstić information content (AvgIpc) is 4.00. The molecule has 10 aromatic rings. The molecule has 0 amide bonds. The van der Waals surface area contributed by atoms with Gasteiger partial charge in [0.1, 0.15) is 17.2 Å². The average molecular weight is 1170 g/mol. The van der Waals surface area contributed by atoms with Crippen LogP contribution < -0.4 is 19.5 Å². The van der Waals surface area contributed by atoms with E-state index in [2.05, 4.69) is 186 Å². The summed E-state index contributed by atoms with van der Waals surface area (Å²) in [7, 11) is 0. The summed E-state index contributed by atoms with van der Waals surface area (Å²) >= 11 is 3.70. The number of hydrogen-bond donors (Lipinski definition) is 0. The number of alkyl halides is 3. The molecule has 0 unspecified atom stereocenters. The van der Waals surface area contributed by atoms with E-state index in [0.717, 1.165) is 39.6 Å². The summed E-state index contributed by atoms with van der Waals surface area (Å²) in [4.78, 5) is 41.6. The van der Waals surface area contributed by atoms with Gasteiger partial charge < -0.3 is 30.0 Å². The zero-order chi connectivity index (χ0) is 56.3. The van der Waals surface area contributed by atoms with Crippen molar-refractivity contribution in [3.05, 3.63) is 210 Å². The van der Waals surface area contributed by atoms with E-state index in [9.17, 15) is 22.8 Å². The summed E-state index contributed by atoms with van der Waals surface area (Å²) in [5, 5.41) is 20.2. The number of ether oxygens (including phenoxy) is 2. The van der Waals surface area contributed by atoms with E-state index in [1.807, 2.05) is 36.4 Å². The molecule has 80 heavy (non-hydrogen) atoms. The molecule has 5 aromatic heterocycles. The number of fused-ring (bicyclic) bond motifs is 3. The van der Waals surface area contributed by atoms with Gasteiger partial charge in [-0.3, -0.25) is 24.5 Å². The van der Waals surface area contributed by atoms with Crippen LogP contribution in [-0.4, -0.2) is 43.1 Å². The van der Waals surface area contributed by atoms with Crippen LogP contribution in [0.25, 0.3) is 61.1 Å². The third-order valence-electron chi connectivity index (χ3n) is 12.4. The molecule has 12 nitrogen and oxygen atoms in total. The number of halogens is 3. The van der Waals surface area contributed by atoms with Gasteiger partial charge in [0.25, 0.3) is 12.9 Å². The van der Waals surface area contributed by atoms with Crippen molar-refractivity contribution in [1.29, 1.82) is 0 Å². The van der Waals surface area contributed by atoms with Crippen LogP contribution in [0.4, 0.5) is 30.2 Å². The SMILES string of the molecule is CC(C)(C)c1ccc(N(c2ccc(C(C)(C)C)cc2)c2ccnc(-c3cc(C(F)(F)F)n[n-]3)c2)cc1.O=COc1ccnc(-c2cc(OC=O)cc(-c3cc(C#Cc4ccc5c(ccc6ccccc65)c4)ccn3)n2)c1.[N-]=C=S.[Ru+2]. The molecule has 10 rings (SSSR count). The Kier molecular flexibility index (Phi) is 18.8. The molecule has 0 aliphatic heterocycles.